The van der Waals surface area contributed by atoms with Crippen LogP contribution in [-0.2, 0) is 16.1 Å². The lowest BCUT2D eigenvalue weighted by atomic mass is 9.96. The van der Waals surface area contributed by atoms with E-state index in [1.807, 2.05) is 85.1 Å². The van der Waals surface area contributed by atoms with Gasteiger partial charge in [-0.3, -0.25) is 9.36 Å². The zero-order valence-corrected chi connectivity index (χ0v) is 25.5. The zero-order valence-electron chi connectivity index (χ0n) is 23.1. The minimum absolute atomic E-state index is 0.214. The first-order valence-corrected chi connectivity index (χ1v) is 15.5. The normalized spacial score (nSPS) is 15.1. The second-order valence-electron chi connectivity index (χ2n) is 9.76. The van der Waals surface area contributed by atoms with Crippen molar-refractivity contribution in [3.8, 4) is 5.75 Å². The predicted molar refractivity (Wildman–Crippen MR) is 165 cm³/mol. The van der Waals surface area contributed by atoms with E-state index in [-0.39, 0.29) is 11.7 Å². The van der Waals surface area contributed by atoms with Gasteiger partial charge in [-0.25, -0.2) is 9.79 Å². The van der Waals surface area contributed by atoms with Crippen molar-refractivity contribution in [1.29, 1.82) is 0 Å². The van der Waals surface area contributed by atoms with Crippen molar-refractivity contribution in [2.24, 2.45) is 4.99 Å². The fourth-order valence-electron chi connectivity index (χ4n) is 4.55. The number of hydrogen-bond donors (Lipinski definition) is 0. The lowest BCUT2D eigenvalue weighted by Crippen LogP contribution is -2.40. The molecular weight excluding hydrogens is 576 g/mol. The summed E-state index contributed by atoms with van der Waals surface area (Å²) in [5.41, 5.74) is 3.27. The summed E-state index contributed by atoms with van der Waals surface area (Å²) in [5.74, 6) is 0.225. The first-order valence-electron chi connectivity index (χ1n) is 13.1. The topological polar surface area (TPSA) is 69.9 Å². The van der Waals surface area contributed by atoms with Gasteiger partial charge in [-0.05, 0) is 74.6 Å². The fourth-order valence-corrected chi connectivity index (χ4v) is 6.20. The maximum Gasteiger partial charge on any atom is 0.338 e. The Morgan fingerprint density at radius 2 is 1.80 bits per heavy atom. The molecule has 4 aromatic rings. The molecule has 0 aliphatic carbocycles. The molecule has 210 valence electrons. The van der Waals surface area contributed by atoms with Crippen LogP contribution in [0.4, 0.5) is 0 Å². The van der Waals surface area contributed by atoms with E-state index < -0.39 is 12.0 Å². The molecule has 1 aliphatic rings. The molecule has 0 saturated carbocycles. The Kier molecular flexibility index (Phi) is 8.82. The molecule has 41 heavy (non-hydrogen) atoms. The van der Waals surface area contributed by atoms with E-state index >= 15 is 0 Å². The fraction of sp³-hybridized carbons (Fsp3) is 0.219. The van der Waals surface area contributed by atoms with Gasteiger partial charge in [0.25, 0.3) is 5.56 Å². The van der Waals surface area contributed by atoms with Gasteiger partial charge >= 0.3 is 5.97 Å². The molecule has 0 fully saturated rings. The van der Waals surface area contributed by atoms with Gasteiger partial charge in [0.1, 0.15) is 12.4 Å². The largest absolute Gasteiger partial charge is 0.489 e. The number of ether oxygens (including phenoxy) is 2. The molecule has 2 heterocycles. The number of halogens is 1. The summed E-state index contributed by atoms with van der Waals surface area (Å²) in [4.78, 5) is 33.4. The Morgan fingerprint density at radius 3 is 2.46 bits per heavy atom. The summed E-state index contributed by atoms with van der Waals surface area (Å²) in [5, 5.41) is 0.661. The molecule has 1 aliphatic heterocycles. The number of nitrogens with zero attached hydrogens (tertiary/aromatic N) is 2. The summed E-state index contributed by atoms with van der Waals surface area (Å²) >= 11 is 9.16. The van der Waals surface area contributed by atoms with Crippen molar-refractivity contribution in [3.63, 3.8) is 0 Å². The van der Waals surface area contributed by atoms with Crippen LogP contribution in [0, 0.1) is 0 Å². The number of aromatic nitrogens is 1. The number of thioether (sulfide) groups is 1. The highest BCUT2D eigenvalue weighted by Crippen LogP contribution is 2.32. The number of thiazole rings is 1. The Bertz CT molecular complexity index is 1790. The van der Waals surface area contributed by atoms with Crippen LogP contribution in [0.1, 0.15) is 43.5 Å². The summed E-state index contributed by atoms with van der Waals surface area (Å²) in [6.45, 7) is 5.76. The standard InChI is InChI=1S/C32H29ClN2O4S2/c1-19(2)39-31(37)28-20(3)34-32-35(29(28)22-11-15-25(40-4)16-12-22)30(36)27(41-32)17-21-9-13-24(14-10-21)38-18-23-7-5-6-8-26(23)33/h5-17,19,29H,18H2,1-4H3/b27-17-/t29-/m0/s1. The minimum atomic E-state index is -0.642. The zero-order chi connectivity index (χ0) is 29.1. The van der Waals surface area contributed by atoms with Crippen molar-refractivity contribution in [3.05, 3.63) is 125 Å². The molecule has 0 bridgehead atoms. The predicted octanol–water partition coefficient (Wildman–Crippen LogP) is 6.14. The average Bonchev–Trinajstić information content (AvgIpc) is 3.26. The van der Waals surface area contributed by atoms with E-state index in [1.165, 1.54) is 11.3 Å². The van der Waals surface area contributed by atoms with Crippen LogP contribution >= 0.6 is 34.7 Å². The van der Waals surface area contributed by atoms with Gasteiger partial charge < -0.3 is 9.47 Å². The molecule has 6 nitrogen and oxygen atoms in total. The molecule has 1 aromatic heterocycles. The molecule has 9 heteroatoms. The third-order valence-corrected chi connectivity index (χ3v) is 8.64. The maximum atomic E-state index is 13.8. The minimum Gasteiger partial charge on any atom is -0.489 e. The molecule has 0 unspecified atom stereocenters. The van der Waals surface area contributed by atoms with Crippen molar-refractivity contribution in [2.45, 2.75) is 44.4 Å². The SMILES string of the molecule is CSc1ccc([C@H]2C(C(=O)OC(C)C)=C(C)N=c3s/c(=C\c4ccc(OCc5ccccc5Cl)cc4)c(=O)n32)cc1. The Labute approximate surface area is 251 Å². The smallest absolute Gasteiger partial charge is 0.338 e. The molecule has 5 rings (SSSR count). The maximum absolute atomic E-state index is 13.8. The first kappa shape index (κ1) is 28.9. The van der Waals surface area contributed by atoms with Gasteiger partial charge in [-0.2, -0.15) is 0 Å². The van der Waals surface area contributed by atoms with Crippen LogP contribution in [0.5, 0.6) is 5.75 Å². The van der Waals surface area contributed by atoms with Crippen LogP contribution in [0.3, 0.4) is 0 Å². The van der Waals surface area contributed by atoms with Crippen molar-refractivity contribution in [1.82, 2.24) is 4.57 Å². The number of carbonyl (C=O) groups is 1. The van der Waals surface area contributed by atoms with Gasteiger partial charge in [0.05, 0.1) is 27.9 Å². The third kappa shape index (κ3) is 6.35. The van der Waals surface area contributed by atoms with Crippen LogP contribution in [0.15, 0.2) is 98.7 Å². The number of fused-ring (bicyclic) bond motifs is 1. The second-order valence-corrected chi connectivity index (χ2v) is 12.1. The molecule has 3 aromatic carbocycles. The molecule has 1 atom stereocenters. The molecule has 0 radical (unpaired) electrons. The highest BCUT2D eigenvalue weighted by molar-refractivity contribution is 7.98. The van der Waals surface area contributed by atoms with Crippen LogP contribution < -0.4 is 19.6 Å². The van der Waals surface area contributed by atoms with Crippen molar-refractivity contribution in [2.75, 3.05) is 6.26 Å². The molecule has 0 saturated heterocycles. The summed E-state index contributed by atoms with van der Waals surface area (Å²) < 4.78 is 13.6. The highest BCUT2D eigenvalue weighted by atomic mass is 35.5. The van der Waals surface area contributed by atoms with Crippen molar-refractivity contribution >= 4 is 46.7 Å². The monoisotopic (exact) mass is 604 g/mol. The van der Waals surface area contributed by atoms with E-state index in [4.69, 9.17) is 21.1 Å². The van der Waals surface area contributed by atoms with Gasteiger partial charge in [0.15, 0.2) is 4.80 Å². The van der Waals surface area contributed by atoms with E-state index in [1.54, 1.807) is 37.1 Å². The number of esters is 1. The summed E-state index contributed by atoms with van der Waals surface area (Å²) in [7, 11) is 0. The Balaban J connectivity index is 1.50. The molecular formula is C32H29ClN2O4S2. The lowest BCUT2D eigenvalue weighted by molar-refractivity contribution is -0.143. The number of carbonyl (C=O) groups excluding carboxylic acids is 1. The first-order chi connectivity index (χ1) is 19.7. The number of benzene rings is 3. The third-order valence-electron chi connectivity index (χ3n) is 6.55. The number of rotatable bonds is 8. The van der Waals surface area contributed by atoms with Gasteiger partial charge in [0.2, 0.25) is 0 Å². The average molecular weight is 605 g/mol. The summed E-state index contributed by atoms with van der Waals surface area (Å²) in [6, 6.07) is 22.3. The quantitative estimate of drug-likeness (QED) is 0.178. The Morgan fingerprint density at radius 1 is 1.10 bits per heavy atom. The van der Waals surface area contributed by atoms with Crippen LogP contribution in [0.25, 0.3) is 6.08 Å². The summed E-state index contributed by atoms with van der Waals surface area (Å²) in [6.07, 6.45) is 3.54. The number of hydrogen-bond acceptors (Lipinski definition) is 7. The van der Waals surface area contributed by atoms with Crippen LogP contribution in [-0.4, -0.2) is 22.9 Å². The molecule has 0 N–H and O–H groups in total. The van der Waals surface area contributed by atoms with E-state index in [2.05, 4.69) is 4.99 Å². The molecule has 0 spiro atoms. The van der Waals surface area contributed by atoms with Crippen LogP contribution in [0.2, 0.25) is 5.02 Å². The van der Waals surface area contributed by atoms with Gasteiger partial charge in [0, 0.05) is 15.5 Å². The van der Waals surface area contributed by atoms with Gasteiger partial charge in [-0.1, -0.05) is 65.4 Å². The highest BCUT2D eigenvalue weighted by Gasteiger charge is 2.33. The lowest BCUT2D eigenvalue weighted by Gasteiger charge is -2.25. The molecule has 0 amide bonds. The van der Waals surface area contributed by atoms with Gasteiger partial charge in [-0.15, -0.1) is 11.8 Å². The van der Waals surface area contributed by atoms with E-state index in [0.29, 0.717) is 38.0 Å². The second kappa shape index (κ2) is 12.5. The number of allylic oxidation sites excluding steroid dienone is 1. The van der Waals surface area contributed by atoms with E-state index in [9.17, 15) is 9.59 Å². The van der Waals surface area contributed by atoms with Crippen molar-refractivity contribution < 1.29 is 14.3 Å². The van der Waals surface area contributed by atoms with E-state index in [0.717, 1.165) is 21.6 Å². The Hall–Kier alpha value is -3.59.